The molecule has 0 unspecified atom stereocenters. The van der Waals surface area contributed by atoms with Crippen LogP contribution in [0.1, 0.15) is 23.0 Å². The van der Waals surface area contributed by atoms with Crippen LogP contribution in [0.15, 0.2) is 60.1 Å². The number of nitrogens with zero attached hydrogens (tertiary/aromatic N) is 4. The third-order valence-electron chi connectivity index (χ3n) is 6.03. The highest BCUT2D eigenvalue weighted by Crippen LogP contribution is 2.25. The summed E-state index contributed by atoms with van der Waals surface area (Å²) in [7, 11) is 0. The Bertz CT molecular complexity index is 1300. The molecule has 1 saturated heterocycles. The summed E-state index contributed by atoms with van der Waals surface area (Å²) in [6.45, 7) is 4.39. The van der Waals surface area contributed by atoms with E-state index in [0.29, 0.717) is 25.1 Å². The lowest BCUT2D eigenvalue weighted by molar-refractivity contribution is -0.130. The SMILES string of the molecule is CC(=O)c1ccc(N2CCN(C(=O)Cc3csc4nc(-c5ccc(F)cc5)cn34)CC2)cc1. The lowest BCUT2D eigenvalue weighted by Gasteiger charge is -2.36. The minimum atomic E-state index is -0.278. The largest absolute Gasteiger partial charge is 0.368 e. The summed E-state index contributed by atoms with van der Waals surface area (Å²) < 4.78 is 15.2. The molecule has 1 amide bonds. The van der Waals surface area contributed by atoms with Crippen LogP contribution in [0.3, 0.4) is 0 Å². The average molecular weight is 463 g/mol. The number of hydrogen-bond acceptors (Lipinski definition) is 5. The van der Waals surface area contributed by atoms with Gasteiger partial charge in [0.05, 0.1) is 12.1 Å². The van der Waals surface area contributed by atoms with Gasteiger partial charge in [0.2, 0.25) is 5.91 Å². The number of imidazole rings is 1. The molecule has 168 valence electrons. The smallest absolute Gasteiger partial charge is 0.228 e. The molecule has 1 aliphatic heterocycles. The second-order valence-electron chi connectivity index (χ2n) is 8.16. The zero-order valence-electron chi connectivity index (χ0n) is 18.2. The van der Waals surface area contributed by atoms with E-state index in [-0.39, 0.29) is 17.5 Å². The molecule has 3 heterocycles. The Hall–Kier alpha value is -3.52. The van der Waals surface area contributed by atoms with E-state index in [1.807, 2.05) is 45.1 Å². The highest BCUT2D eigenvalue weighted by atomic mass is 32.1. The predicted molar refractivity (Wildman–Crippen MR) is 127 cm³/mol. The Morgan fingerprint density at radius 2 is 1.70 bits per heavy atom. The number of ketones is 1. The maximum absolute atomic E-state index is 13.2. The van der Waals surface area contributed by atoms with Crippen molar-refractivity contribution in [1.29, 1.82) is 0 Å². The Morgan fingerprint density at radius 3 is 2.36 bits per heavy atom. The molecule has 0 atom stereocenters. The van der Waals surface area contributed by atoms with Gasteiger partial charge in [0, 0.05) is 60.3 Å². The number of amides is 1. The second-order valence-corrected chi connectivity index (χ2v) is 9.00. The van der Waals surface area contributed by atoms with Gasteiger partial charge < -0.3 is 9.80 Å². The second kappa shape index (κ2) is 8.78. The van der Waals surface area contributed by atoms with E-state index in [1.165, 1.54) is 23.5 Å². The lowest BCUT2D eigenvalue weighted by atomic mass is 10.1. The van der Waals surface area contributed by atoms with Gasteiger partial charge in [-0.3, -0.25) is 14.0 Å². The number of halogens is 1. The molecule has 0 bridgehead atoms. The monoisotopic (exact) mass is 462 g/mol. The number of piperazine rings is 1. The number of rotatable bonds is 5. The van der Waals surface area contributed by atoms with Crippen molar-refractivity contribution in [2.24, 2.45) is 0 Å². The molecular weight excluding hydrogens is 439 g/mol. The molecule has 0 aliphatic carbocycles. The molecule has 5 rings (SSSR count). The van der Waals surface area contributed by atoms with Crippen LogP contribution in [0.4, 0.5) is 10.1 Å². The molecular formula is C25H23FN4O2S. The molecule has 2 aromatic heterocycles. The topological polar surface area (TPSA) is 57.9 Å². The van der Waals surface area contributed by atoms with Crippen molar-refractivity contribution >= 4 is 33.7 Å². The minimum Gasteiger partial charge on any atom is -0.368 e. The van der Waals surface area contributed by atoms with Crippen molar-refractivity contribution in [1.82, 2.24) is 14.3 Å². The Labute approximate surface area is 194 Å². The summed E-state index contributed by atoms with van der Waals surface area (Å²) in [5.41, 5.74) is 4.29. The molecule has 0 spiro atoms. The summed E-state index contributed by atoms with van der Waals surface area (Å²) >= 11 is 1.50. The molecule has 8 heteroatoms. The number of carbonyl (C=O) groups is 2. The van der Waals surface area contributed by atoms with Crippen LogP contribution in [0.25, 0.3) is 16.2 Å². The van der Waals surface area contributed by atoms with E-state index >= 15 is 0 Å². The molecule has 0 saturated carbocycles. The van der Waals surface area contributed by atoms with Crippen molar-refractivity contribution in [3.8, 4) is 11.3 Å². The molecule has 2 aromatic carbocycles. The van der Waals surface area contributed by atoms with E-state index in [4.69, 9.17) is 0 Å². The molecule has 0 N–H and O–H groups in total. The van der Waals surface area contributed by atoms with Gasteiger partial charge in [0.25, 0.3) is 0 Å². The fourth-order valence-electron chi connectivity index (χ4n) is 4.10. The molecule has 1 aliphatic rings. The van der Waals surface area contributed by atoms with Crippen molar-refractivity contribution in [3.05, 3.63) is 77.2 Å². The molecule has 0 radical (unpaired) electrons. The minimum absolute atomic E-state index is 0.0576. The van der Waals surface area contributed by atoms with E-state index in [9.17, 15) is 14.0 Å². The summed E-state index contributed by atoms with van der Waals surface area (Å²) in [6, 6.07) is 13.9. The number of carbonyl (C=O) groups excluding carboxylic acids is 2. The fourth-order valence-corrected chi connectivity index (χ4v) is 4.98. The van der Waals surface area contributed by atoms with E-state index in [2.05, 4.69) is 9.88 Å². The Morgan fingerprint density at radius 1 is 1.00 bits per heavy atom. The zero-order valence-corrected chi connectivity index (χ0v) is 19.0. The maximum Gasteiger partial charge on any atom is 0.228 e. The zero-order chi connectivity index (χ0) is 22.9. The van der Waals surface area contributed by atoms with Gasteiger partial charge in [-0.1, -0.05) is 0 Å². The number of benzene rings is 2. The van der Waals surface area contributed by atoms with E-state index in [0.717, 1.165) is 40.7 Å². The third-order valence-corrected chi connectivity index (χ3v) is 6.92. The highest BCUT2D eigenvalue weighted by molar-refractivity contribution is 7.15. The summed E-state index contributed by atoms with van der Waals surface area (Å²) in [4.78, 5) is 34.0. The van der Waals surface area contributed by atoms with Crippen LogP contribution in [0, 0.1) is 5.82 Å². The van der Waals surface area contributed by atoms with Crippen molar-refractivity contribution in [2.45, 2.75) is 13.3 Å². The number of thiazole rings is 1. The predicted octanol–water partition coefficient (Wildman–Crippen LogP) is 4.30. The van der Waals surface area contributed by atoms with Gasteiger partial charge in [0.1, 0.15) is 5.82 Å². The van der Waals surface area contributed by atoms with Gasteiger partial charge >= 0.3 is 0 Å². The van der Waals surface area contributed by atoms with Crippen LogP contribution >= 0.6 is 11.3 Å². The normalized spacial score (nSPS) is 14.1. The first-order valence-corrected chi connectivity index (χ1v) is 11.7. The first kappa shape index (κ1) is 21.3. The Balaban J connectivity index is 1.23. The highest BCUT2D eigenvalue weighted by Gasteiger charge is 2.23. The Kier molecular flexibility index (Phi) is 5.68. The van der Waals surface area contributed by atoms with Gasteiger partial charge in [-0.05, 0) is 55.5 Å². The van der Waals surface area contributed by atoms with Crippen LogP contribution in [-0.2, 0) is 11.2 Å². The van der Waals surface area contributed by atoms with Crippen molar-refractivity contribution in [2.75, 3.05) is 31.1 Å². The first-order valence-electron chi connectivity index (χ1n) is 10.8. The van der Waals surface area contributed by atoms with Crippen LogP contribution in [0.2, 0.25) is 0 Å². The number of Topliss-reactive ketones (excluding diaryl/α,β-unsaturated/α-hetero) is 1. The maximum atomic E-state index is 13.2. The molecule has 6 nitrogen and oxygen atoms in total. The van der Waals surface area contributed by atoms with E-state index < -0.39 is 0 Å². The first-order chi connectivity index (χ1) is 16.0. The van der Waals surface area contributed by atoms with Gasteiger partial charge in [-0.15, -0.1) is 11.3 Å². The van der Waals surface area contributed by atoms with Crippen LogP contribution < -0.4 is 4.90 Å². The molecule has 33 heavy (non-hydrogen) atoms. The van der Waals surface area contributed by atoms with Crippen molar-refractivity contribution in [3.63, 3.8) is 0 Å². The van der Waals surface area contributed by atoms with Crippen LogP contribution in [-0.4, -0.2) is 52.2 Å². The van der Waals surface area contributed by atoms with Gasteiger partial charge in [0.15, 0.2) is 10.7 Å². The quantitative estimate of drug-likeness (QED) is 0.415. The van der Waals surface area contributed by atoms with Crippen LogP contribution in [0.5, 0.6) is 0 Å². The number of hydrogen-bond donors (Lipinski definition) is 0. The number of anilines is 1. The van der Waals surface area contributed by atoms with Crippen molar-refractivity contribution < 1.29 is 14.0 Å². The summed E-state index contributed by atoms with van der Waals surface area (Å²) in [6.07, 6.45) is 2.22. The standard InChI is InChI=1S/C25H23FN4O2S/c1-17(31)18-4-8-21(9-5-18)28-10-12-29(13-11-28)24(32)14-22-16-33-25-27-23(15-30(22)25)19-2-6-20(26)7-3-19/h2-9,15-16H,10-14H2,1H3. The molecule has 1 fully saturated rings. The molecule has 4 aromatic rings. The fraction of sp³-hybridized carbons (Fsp3) is 0.240. The summed E-state index contributed by atoms with van der Waals surface area (Å²) in [5.74, 6) is -0.125. The van der Waals surface area contributed by atoms with Gasteiger partial charge in [-0.2, -0.15) is 0 Å². The third kappa shape index (κ3) is 4.39. The number of fused-ring (bicyclic) bond motifs is 1. The van der Waals surface area contributed by atoms with E-state index in [1.54, 1.807) is 19.1 Å². The number of aromatic nitrogens is 2. The lowest BCUT2D eigenvalue weighted by Crippen LogP contribution is -2.49. The summed E-state index contributed by atoms with van der Waals surface area (Å²) in [5, 5.41) is 1.97. The average Bonchev–Trinajstić information content (AvgIpc) is 3.42. The van der Waals surface area contributed by atoms with Gasteiger partial charge in [-0.25, -0.2) is 9.37 Å².